The van der Waals surface area contributed by atoms with E-state index in [4.69, 9.17) is 0 Å². The molecule has 3 heteroatoms. The summed E-state index contributed by atoms with van der Waals surface area (Å²) in [5.41, 5.74) is 0.855. The van der Waals surface area contributed by atoms with E-state index in [9.17, 15) is 9.90 Å². The molecule has 0 aliphatic heterocycles. The topological polar surface area (TPSA) is 37.3 Å². The molecule has 0 saturated heterocycles. The van der Waals surface area contributed by atoms with E-state index in [-0.39, 0.29) is 0 Å². The van der Waals surface area contributed by atoms with Gasteiger partial charge >= 0.3 is 5.97 Å². The van der Waals surface area contributed by atoms with Crippen LogP contribution in [0, 0.1) is 0 Å². The van der Waals surface area contributed by atoms with Crippen molar-refractivity contribution in [1.82, 2.24) is 0 Å². The highest BCUT2D eigenvalue weighted by Crippen LogP contribution is 2.26. The second-order valence-corrected chi connectivity index (χ2v) is 5.02. The highest BCUT2D eigenvalue weighted by atomic mass is 32.2. The second kappa shape index (κ2) is 6.26. The highest BCUT2D eigenvalue weighted by Gasteiger charge is 2.19. The van der Waals surface area contributed by atoms with Gasteiger partial charge in [-0.2, -0.15) is 0 Å². The third kappa shape index (κ3) is 3.37. The molecular weight excluding hydrogens is 244 g/mol. The zero-order valence-electron chi connectivity index (χ0n) is 9.82. The van der Waals surface area contributed by atoms with Crippen LogP contribution in [-0.2, 0) is 4.79 Å². The molecule has 0 spiro atoms. The van der Waals surface area contributed by atoms with Gasteiger partial charge in [0.05, 0.1) is 5.92 Å². The van der Waals surface area contributed by atoms with Gasteiger partial charge in [0, 0.05) is 10.6 Å². The number of hydrogen-bond acceptors (Lipinski definition) is 2. The Bertz CT molecular complexity index is 496. The van der Waals surface area contributed by atoms with Gasteiger partial charge in [-0.3, -0.25) is 4.79 Å². The molecule has 2 nitrogen and oxygen atoms in total. The predicted octanol–water partition coefficient (Wildman–Crippen LogP) is 3.65. The molecule has 2 rings (SSSR count). The summed E-state index contributed by atoms with van der Waals surface area (Å²) in [5, 5.41) is 9.29. The average molecular weight is 258 g/mol. The van der Waals surface area contributed by atoms with E-state index in [0.29, 0.717) is 5.75 Å². The van der Waals surface area contributed by atoms with E-state index in [1.807, 2.05) is 60.7 Å². The number of rotatable bonds is 5. The fourth-order valence-corrected chi connectivity index (χ4v) is 2.74. The van der Waals surface area contributed by atoms with Gasteiger partial charge in [0.15, 0.2) is 0 Å². The summed E-state index contributed by atoms with van der Waals surface area (Å²) in [6, 6.07) is 19.2. The van der Waals surface area contributed by atoms with Crippen molar-refractivity contribution >= 4 is 17.7 Å². The minimum Gasteiger partial charge on any atom is -0.481 e. The van der Waals surface area contributed by atoms with Crippen LogP contribution in [0.25, 0.3) is 0 Å². The summed E-state index contributed by atoms with van der Waals surface area (Å²) in [5.74, 6) is -0.690. The molecule has 0 aromatic heterocycles. The predicted molar refractivity (Wildman–Crippen MR) is 74.0 cm³/mol. The van der Waals surface area contributed by atoms with Crippen molar-refractivity contribution in [3.05, 3.63) is 66.2 Å². The Balaban J connectivity index is 2.06. The van der Waals surface area contributed by atoms with Crippen molar-refractivity contribution < 1.29 is 9.90 Å². The fourth-order valence-electron chi connectivity index (χ4n) is 1.69. The molecule has 0 unspecified atom stereocenters. The lowest BCUT2D eigenvalue weighted by Gasteiger charge is -2.12. The molecule has 2 aromatic carbocycles. The summed E-state index contributed by atoms with van der Waals surface area (Å²) in [4.78, 5) is 12.4. The van der Waals surface area contributed by atoms with Crippen LogP contribution in [0.1, 0.15) is 11.5 Å². The quantitative estimate of drug-likeness (QED) is 0.832. The van der Waals surface area contributed by atoms with Crippen LogP contribution in [0.4, 0.5) is 0 Å². The van der Waals surface area contributed by atoms with Crippen LogP contribution in [0.2, 0.25) is 0 Å². The SMILES string of the molecule is O=C(O)[C@@H](CSc1ccccc1)c1ccccc1. The normalized spacial score (nSPS) is 12.0. The molecule has 0 aliphatic carbocycles. The molecule has 2 aromatic rings. The van der Waals surface area contributed by atoms with Crippen LogP contribution in [0.3, 0.4) is 0 Å². The van der Waals surface area contributed by atoms with Crippen molar-refractivity contribution in [2.24, 2.45) is 0 Å². The Labute approximate surface area is 111 Å². The number of hydrogen-bond donors (Lipinski definition) is 1. The third-order valence-corrected chi connectivity index (χ3v) is 3.77. The Kier molecular flexibility index (Phi) is 4.42. The first-order chi connectivity index (χ1) is 8.77. The van der Waals surface area contributed by atoms with E-state index in [1.165, 1.54) is 0 Å². The molecule has 0 bridgehead atoms. The van der Waals surface area contributed by atoms with Gasteiger partial charge < -0.3 is 5.11 Å². The molecule has 92 valence electrons. The number of carboxylic acid groups (broad SMARTS) is 1. The van der Waals surface area contributed by atoms with Crippen molar-refractivity contribution in [3.8, 4) is 0 Å². The minimum absolute atomic E-state index is 0.462. The van der Waals surface area contributed by atoms with E-state index < -0.39 is 11.9 Å². The third-order valence-electron chi connectivity index (χ3n) is 2.66. The van der Waals surface area contributed by atoms with Gasteiger partial charge in [0.2, 0.25) is 0 Å². The molecular formula is C15H14O2S. The monoisotopic (exact) mass is 258 g/mol. The maximum atomic E-state index is 11.3. The van der Waals surface area contributed by atoms with Crippen LogP contribution in [0.15, 0.2) is 65.6 Å². The summed E-state index contributed by atoms with van der Waals surface area (Å²) in [7, 11) is 0. The molecule has 0 fully saturated rings. The zero-order valence-corrected chi connectivity index (χ0v) is 10.6. The van der Waals surface area contributed by atoms with Crippen LogP contribution in [-0.4, -0.2) is 16.8 Å². The van der Waals surface area contributed by atoms with Crippen molar-refractivity contribution in [1.29, 1.82) is 0 Å². The maximum Gasteiger partial charge on any atom is 0.311 e. The number of benzene rings is 2. The second-order valence-electron chi connectivity index (χ2n) is 3.93. The lowest BCUT2D eigenvalue weighted by atomic mass is 10.0. The maximum absolute atomic E-state index is 11.3. The largest absolute Gasteiger partial charge is 0.481 e. The molecule has 0 radical (unpaired) electrons. The van der Waals surface area contributed by atoms with E-state index in [2.05, 4.69) is 0 Å². The van der Waals surface area contributed by atoms with E-state index in [1.54, 1.807) is 11.8 Å². The molecule has 0 aliphatic rings. The Morgan fingerprint density at radius 2 is 1.56 bits per heavy atom. The number of carboxylic acids is 1. The lowest BCUT2D eigenvalue weighted by molar-refractivity contribution is -0.138. The number of aliphatic carboxylic acids is 1. The average Bonchev–Trinajstić information content (AvgIpc) is 2.41. The summed E-state index contributed by atoms with van der Waals surface area (Å²) >= 11 is 1.57. The van der Waals surface area contributed by atoms with Gasteiger partial charge in [0.1, 0.15) is 0 Å². The fraction of sp³-hybridized carbons (Fsp3) is 0.133. The lowest BCUT2D eigenvalue weighted by Crippen LogP contribution is -2.13. The summed E-state index contributed by atoms with van der Waals surface area (Å²) < 4.78 is 0. The van der Waals surface area contributed by atoms with Gasteiger partial charge in [-0.1, -0.05) is 48.5 Å². The van der Waals surface area contributed by atoms with Crippen LogP contribution >= 0.6 is 11.8 Å². The van der Waals surface area contributed by atoms with Crippen LogP contribution < -0.4 is 0 Å². The first-order valence-electron chi connectivity index (χ1n) is 5.73. The Hall–Kier alpha value is -1.74. The molecule has 18 heavy (non-hydrogen) atoms. The van der Waals surface area contributed by atoms with Gasteiger partial charge in [-0.25, -0.2) is 0 Å². The highest BCUT2D eigenvalue weighted by molar-refractivity contribution is 7.99. The minimum atomic E-state index is -0.773. The molecule has 1 atom stereocenters. The Morgan fingerprint density at radius 3 is 2.11 bits per heavy atom. The van der Waals surface area contributed by atoms with Gasteiger partial charge in [0.25, 0.3) is 0 Å². The number of thioether (sulfide) groups is 1. The number of carbonyl (C=O) groups is 1. The standard InChI is InChI=1S/C15H14O2S/c16-15(17)14(12-7-3-1-4-8-12)11-18-13-9-5-2-6-10-13/h1-10,14H,11H2,(H,16,17)/t14-/m0/s1. The van der Waals surface area contributed by atoms with Gasteiger partial charge in [-0.15, -0.1) is 11.8 Å². The van der Waals surface area contributed by atoms with Crippen LogP contribution in [0.5, 0.6) is 0 Å². The van der Waals surface area contributed by atoms with E-state index in [0.717, 1.165) is 10.5 Å². The van der Waals surface area contributed by atoms with Crippen molar-refractivity contribution in [3.63, 3.8) is 0 Å². The Morgan fingerprint density at radius 1 is 1.00 bits per heavy atom. The van der Waals surface area contributed by atoms with Crippen molar-refractivity contribution in [2.45, 2.75) is 10.8 Å². The van der Waals surface area contributed by atoms with Gasteiger partial charge in [-0.05, 0) is 17.7 Å². The molecule has 0 saturated carbocycles. The molecule has 0 amide bonds. The summed E-state index contributed by atoms with van der Waals surface area (Å²) in [6.07, 6.45) is 0. The molecule has 0 heterocycles. The van der Waals surface area contributed by atoms with E-state index >= 15 is 0 Å². The first kappa shape index (κ1) is 12.7. The first-order valence-corrected chi connectivity index (χ1v) is 6.71. The zero-order chi connectivity index (χ0) is 12.8. The summed E-state index contributed by atoms with van der Waals surface area (Å²) in [6.45, 7) is 0. The smallest absolute Gasteiger partial charge is 0.311 e. The van der Waals surface area contributed by atoms with Crippen molar-refractivity contribution in [2.75, 3.05) is 5.75 Å². The molecule has 1 N–H and O–H groups in total.